The highest BCUT2D eigenvalue weighted by Gasteiger charge is 2.41. The molecule has 5 heteroatoms. The molecule has 0 fully saturated rings. The Morgan fingerprint density at radius 3 is 2.25 bits per heavy atom. The maximum atomic E-state index is 14.3. The van der Waals surface area contributed by atoms with Crippen molar-refractivity contribution in [3.63, 3.8) is 0 Å². The first kappa shape index (κ1) is 28.9. The summed E-state index contributed by atoms with van der Waals surface area (Å²) in [6.07, 6.45) is 8.85. The second kappa shape index (κ2) is 11.1. The minimum atomic E-state index is -0.0683. The lowest BCUT2D eigenvalue weighted by molar-refractivity contribution is 0.0966. The minimum Gasteiger partial charge on any atom is -0.323 e. The number of carbonyl (C=O) groups excluding carboxylic acids is 1. The predicted molar refractivity (Wildman–Crippen MR) is 209 cm³/mol. The van der Waals surface area contributed by atoms with Crippen LogP contribution in [-0.4, -0.2) is 20.4 Å². The quantitative estimate of drug-likeness (QED) is 0.206. The molecule has 5 nitrogen and oxygen atoms in total. The van der Waals surface area contributed by atoms with Crippen molar-refractivity contribution >= 4 is 49.8 Å². The summed E-state index contributed by atoms with van der Waals surface area (Å²) in [6, 6.07) is 48.1. The molecule has 1 aliphatic heterocycles. The molecule has 1 amide bonds. The van der Waals surface area contributed by atoms with Gasteiger partial charge in [0.2, 0.25) is 0 Å². The van der Waals surface area contributed by atoms with Gasteiger partial charge in [0.15, 0.2) is 5.82 Å². The number of nitrogens with one attached hydrogen (secondary N) is 1. The van der Waals surface area contributed by atoms with Crippen molar-refractivity contribution in [1.82, 2.24) is 19.9 Å². The van der Waals surface area contributed by atoms with Crippen LogP contribution in [0.2, 0.25) is 0 Å². The molecule has 8 aromatic rings. The van der Waals surface area contributed by atoms with E-state index in [1.807, 2.05) is 48.5 Å². The minimum absolute atomic E-state index is 0.0640. The molecule has 0 bridgehead atoms. The fourth-order valence-corrected chi connectivity index (χ4v) is 8.74. The van der Waals surface area contributed by atoms with E-state index < -0.39 is 0 Å². The zero-order valence-corrected chi connectivity index (χ0v) is 28.0. The summed E-state index contributed by atoms with van der Waals surface area (Å²) in [5.41, 5.74) is 9.83. The third-order valence-electron chi connectivity index (χ3n) is 10.9. The van der Waals surface area contributed by atoms with Crippen molar-refractivity contribution in [2.75, 3.05) is 0 Å². The molecular weight excluding hydrogens is 637 g/mol. The topological polar surface area (TPSA) is 59.8 Å². The van der Waals surface area contributed by atoms with Crippen LogP contribution in [0.15, 0.2) is 164 Å². The van der Waals surface area contributed by atoms with Crippen molar-refractivity contribution < 1.29 is 4.79 Å². The van der Waals surface area contributed by atoms with Crippen molar-refractivity contribution in [3.05, 3.63) is 186 Å². The second-order valence-corrected chi connectivity index (χ2v) is 13.7. The van der Waals surface area contributed by atoms with E-state index in [9.17, 15) is 4.79 Å². The molecule has 244 valence electrons. The van der Waals surface area contributed by atoms with Crippen LogP contribution in [0.4, 0.5) is 0 Å². The van der Waals surface area contributed by atoms with Gasteiger partial charge in [0.25, 0.3) is 5.91 Å². The average molecular weight is 667 g/mol. The average Bonchev–Trinajstić information content (AvgIpc) is 3.56. The number of hydrogen-bond acceptors (Lipinski definition) is 3. The Morgan fingerprint density at radius 2 is 1.40 bits per heavy atom. The summed E-state index contributed by atoms with van der Waals surface area (Å²) < 4.78 is 2.33. The van der Waals surface area contributed by atoms with Gasteiger partial charge in [-0.05, 0) is 46.2 Å². The SMILES string of the molecule is O=C1NC2=c3c(c4ccccc4n3-c3ccc4c(-c5ccccc5)nc(-c5ccccc5)nc4c3)=C3C=CC=CC3C2c2ccc3ccccc3c21. The number of carbonyl (C=O) groups is 1. The molecule has 11 rings (SSSR count). The Labute approximate surface area is 299 Å². The van der Waals surface area contributed by atoms with Gasteiger partial charge >= 0.3 is 0 Å². The number of aromatic nitrogens is 3. The Hall–Kier alpha value is -6.85. The molecule has 2 unspecified atom stereocenters. The van der Waals surface area contributed by atoms with Gasteiger partial charge in [0.1, 0.15) is 0 Å². The van der Waals surface area contributed by atoms with Crippen molar-refractivity contribution in [3.8, 4) is 28.3 Å². The number of hydrogen-bond donors (Lipinski definition) is 1. The molecule has 6 aromatic carbocycles. The molecule has 0 saturated carbocycles. The number of benzene rings is 6. The van der Waals surface area contributed by atoms with Gasteiger partial charge in [0.05, 0.1) is 33.3 Å². The molecule has 2 atom stereocenters. The molecule has 0 radical (unpaired) electrons. The van der Waals surface area contributed by atoms with E-state index in [1.54, 1.807) is 0 Å². The van der Waals surface area contributed by atoms with Gasteiger partial charge < -0.3 is 9.88 Å². The normalized spacial score (nSPS) is 17.2. The maximum absolute atomic E-state index is 14.3. The number of rotatable bonds is 3. The first-order valence-electron chi connectivity index (χ1n) is 17.7. The largest absolute Gasteiger partial charge is 0.323 e. The van der Waals surface area contributed by atoms with E-state index in [0.29, 0.717) is 5.82 Å². The first-order valence-corrected chi connectivity index (χ1v) is 17.7. The summed E-state index contributed by atoms with van der Waals surface area (Å²) >= 11 is 0. The van der Waals surface area contributed by atoms with E-state index in [-0.39, 0.29) is 17.7 Å². The molecular formula is C47H30N4O. The number of allylic oxidation sites excluding steroid dienone is 4. The number of amides is 1. The first-order chi connectivity index (χ1) is 25.7. The van der Waals surface area contributed by atoms with Gasteiger partial charge in [-0.1, -0.05) is 140 Å². The van der Waals surface area contributed by atoms with E-state index >= 15 is 0 Å². The lowest BCUT2D eigenvalue weighted by atomic mass is 9.70. The van der Waals surface area contributed by atoms with Crippen LogP contribution in [0.1, 0.15) is 21.8 Å². The van der Waals surface area contributed by atoms with Crippen LogP contribution >= 0.6 is 0 Å². The Kier molecular flexibility index (Phi) is 6.16. The Morgan fingerprint density at radius 1 is 0.654 bits per heavy atom. The van der Waals surface area contributed by atoms with Crippen LogP contribution < -0.4 is 15.9 Å². The molecule has 0 spiro atoms. The van der Waals surface area contributed by atoms with Gasteiger partial charge in [-0.25, -0.2) is 9.97 Å². The number of nitrogens with zero attached hydrogens (tertiary/aromatic N) is 3. The highest BCUT2D eigenvalue weighted by atomic mass is 16.1. The van der Waals surface area contributed by atoms with Gasteiger partial charge in [-0.15, -0.1) is 0 Å². The molecule has 2 aromatic heterocycles. The van der Waals surface area contributed by atoms with E-state index in [0.717, 1.165) is 82.5 Å². The van der Waals surface area contributed by atoms with Crippen LogP contribution in [0.5, 0.6) is 0 Å². The van der Waals surface area contributed by atoms with Crippen LogP contribution in [-0.2, 0) is 0 Å². The smallest absolute Gasteiger partial charge is 0.256 e. The Balaban J connectivity index is 1.24. The molecule has 52 heavy (non-hydrogen) atoms. The van der Waals surface area contributed by atoms with Gasteiger partial charge in [-0.2, -0.15) is 0 Å². The predicted octanol–water partition coefficient (Wildman–Crippen LogP) is 8.60. The number of fused-ring (bicyclic) bond motifs is 11. The molecule has 0 saturated heterocycles. The molecule has 2 aliphatic carbocycles. The fourth-order valence-electron chi connectivity index (χ4n) is 8.74. The van der Waals surface area contributed by atoms with E-state index in [4.69, 9.17) is 9.97 Å². The third-order valence-corrected chi connectivity index (χ3v) is 10.9. The summed E-state index contributed by atoms with van der Waals surface area (Å²) in [5.74, 6) is 0.615. The highest BCUT2D eigenvalue weighted by Crippen LogP contribution is 2.46. The maximum Gasteiger partial charge on any atom is 0.256 e. The fraction of sp³-hybridized carbons (Fsp3) is 0.0426. The van der Waals surface area contributed by atoms with Crippen molar-refractivity contribution in [2.45, 2.75) is 5.92 Å². The number of para-hydroxylation sites is 1. The highest BCUT2D eigenvalue weighted by molar-refractivity contribution is 6.13. The summed E-state index contributed by atoms with van der Waals surface area (Å²) in [7, 11) is 0. The zero-order chi connectivity index (χ0) is 34.3. The van der Waals surface area contributed by atoms with Gasteiger partial charge in [-0.3, -0.25) is 4.79 Å². The molecule has 3 aliphatic rings. The van der Waals surface area contributed by atoms with E-state index in [1.165, 1.54) is 5.57 Å². The summed E-state index contributed by atoms with van der Waals surface area (Å²) in [4.78, 5) is 24.6. The van der Waals surface area contributed by atoms with E-state index in [2.05, 4.69) is 125 Å². The lowest BCUT2D eigenvalue weighted by Crippen LogP contribution is -2.48. The van der Waals surface area contributed by atoms with Crippen molar-refractivity contribution in [2.24, 2.45) is 5.92 Å². The van der Waals surface area contributed by atoms with Crippen LogP contribution in [0.3, 0.4) is 0 Å². The second-order valence-electron chi connectivity index (χ2n) is 13.7. The van der Waals surface area contributed by atoms with Crippen LogP contribution in [0.25, 0.3) is 72.2 Å². The zero-order valence-electron chi connectivity index (χ0n) is 28.0. The van der Waals surface area contributed by atoms with Crippen LogP contribution in [0, 0.1) is 5.92 Å². The summed E-state index contributed by atoms with van der Waals surface area (Å²) in [5, 5.41) is 9.85. The lowest BCUT2D eigenvalue weighted by Gasteiger charge is -2.37. The third kappa shape index (κ3) is 4.14. The standard InChI is InChI=1S/C47H30N4O/c52-47-42-32-18-8-7-13-28(32)23-25-37(42)40-33-19-9-10-20-34(33)41-36-21-11-12-22-39(36)51(45(41)44(40)50-47)31-24-26-35-38(27-31)48-46(30-16-5-2-6-17-30)49-43(35)29-14-3-1-4-15-29/h1-27,33,40H,(H,50,52). The Bertz CT molecular complexity index is 3010. The van der Waals surface area contributed by atoms with Crippen molar-refractivity contribution in [1.29, 1.82) is 0 Å². The molecule has 3 heterocycles. The monoisotopic (exact) mass is 666 g/mol. The van der Waals surface area contributed by atoms with Gasteiger partial charge in [0, 0.05) is 44.6 Å². The molecule has 1 N–H and O–H groups in total. The summed E-state index contributed by atoms with van der Waals surface area (Å²) in [6.45, 7) is 0.